The van der Waals surface area contributed by atoms with Crippen molar-refractivity contribution in [2.45, 2.75) is 39.5 Å². The second-order valence-corrected chi connectivity index (χ2v) is 4.87. The lowest BCUT2D eigenvalue weighted by molar-refractivity contribution is 0.0768. The SMILES string of the molecule is CCC1CCN(CC)C(=O)c2cc(C)ccc21. The van der Waals surface area contributed by atoms with Crippen molar-refractivity contribution in [1.82, 2.24) is 4.90 Å². The van der Waals surface area contributed by atoms with Gasteiger partial charge in [-0.15, -0.1) is 0 Å². The maximum Gasteiger partial charge on any atom is 0.254 e. The molecule has 0 spiro atoms. The summed E-state index contributed by atoms with van der Waals surface area (Å²) < 4.78 is 0. The maximum atomic E-state index is 12.4. The first-order chi connectivity index (χ1) is 8.17. The Bertz CT molecular complexity index is 425. The summed E-state index contributed by atoms with van der Waals surface area (Å²) in [5.41, 5.74) is 3.35. The van der Waals surface area contributed by atoms with Crippen LogP contribution in [0.5, 0.6) is 0 Å². The van der Waals surface area contributed by atoms with Gasteiger partial charge in [0.15, 0.2) is 0 Å². The summed E-state index contributed by atoms with van der Waals surface area (Å²) in [6.45, 7) is 8.01. The molecule has 1 aliphatic rings. The van der Waals surface area contributed by atoms with Crippen LogP contribution in [-0.2, 0) is 0 Å². The zero-order valence-corrected chi connectivity index (χ0v) is 11.0. The van der Waals surface area contributed by atoms with E-state index in [9.17, 15) is 4.79 Å². The molecular formula is C15H21NO. The fraction of sp³-hybridized carbons (Fsp3) is 0.533. The van der Waals surface area contributed by atoms with Crippen LogP contribution in [0.1, 0.15) is 54.1 Å². The van der Waals surface area contributed by atoms with Crippen LogP contribution >= 0.6 is 0 Å². The number of hydrogen-bond donors (Lipinski definition) is 0. The van der Waals surface area contributed by atoms with E-state index in [4.69, 9.17) is 0 Å². The molecule has 0 saturated carbocycles. The number of amides is 1. The predicted molar refractivity (Wildman–Crippen MR) is 70.4 cm³/mol. The normalized spacial score (nSPS) is 20.1. The zero-order valence-electron chi connectivity index (χ0n) is 11.0. The molecule has 2 heteroatoms. The summed E-state index contributed by atoms with van der Waals surface area (Å²) in [7, 11) is 0. The van der Waals surface area contributed by atoms with Crippen LogP contribution in [-0.4, -0.2) is 23.9 Å². The Kier molecular flexibility index (Phi) is 3.51. The largest absolute Gasteiger partial charge is 0.339 e. The number of fused-ring (bicyclic) bond motifs is 1. The zero-order chi connectivity index (χ0) is 12.4. The van der Waals surface area contributed by atoms with Crippen LogP contribution in [0, 0.1) is 6.92 Å². The Hall–Kier alpha value is -1.31. The van der Waals surface area contributed by atoms with Gasteiger partial charge in [-0.1, -0.05) is 24.6 Å². The highest BCUT2D eigenvalue weighted by atomic mass is 16.2. The molecule has 0 aliphatic carbocycles. The van der Waals surface area contributed by atoms with Crippen molar-refractivity contribution in [2.75, 3.05) is 13.1 Å². The van der Waals surface area contributed by atoms with Crippen LogP contribution in [0.4, 0.5) is 0 Å². The number of hydrogen-bond acceptors (Lipinski definition) is 1. The molecule has 0 aromatic heterocycles. The Labute approximate surface area is 104 Å². The van der Waals surface area contributed by atoms with Crippen LogP contribution < -0.4 is 0 Å². The van der Waals surface area contributed by atoms with Crippen molar-refractivity contribution in [2.24, 2.45) is 0 Å². The molecule has 0 fully saturated rings. The van der Waals surface area contributed by atoms with Crippen LogP contribution in [0.25, 0.3) is 0 Å². The van der Waals surface area contributed by atoms with Crippen molar-refractivity contribution >= 4 is 5.91 Å². The second kappa shape index (κ2) is 4.91. The Morgan fingerprint density at radius 2 is 2.12 bits per heavy atom. The molecule has 1 aromatic carbocycles. The van der Waals surface area contributed by atoms with E-state index in [2.05, 4.69) is 32.9 Å². The smallest absolute Gasteiger partial charge is 0.254 e. The quantitative estimate of drug-likeness (QED) is 0.764. The Morgan fingerprint density at radius 1 is 1.35 bits per heavy atom. The van der Waals surface area contributed by atoms with Gasteiger partial charge in [-0.2, -0.15) is 0 Å². The lowest BCUT2D eigenvalue weighted by atomic mass is 9.89. The van der Waals surface area contributed by atoms with Gasteiger partial charge in [0.1, 0.15) is 0 Å². The molecule has 1 unspecified atom stereocenters. The van der Waals surface area contributed by atoms with Crippen molar-refractivity contribution < 1.29 is 4.79 Å². The van der Waals surface area contributed by atoms with E-state index < -0.39 is 0 Å². The predicted octanol–water partition coefficient (Wildman–Crippen LogP) is 3.35. The van der Waals surface area contributed by atoms with Gasteiger partial charge in [-0.05, 0) is 44.2 Å². The molecule has 2 rings (SSSR count). The third kappa shape index (κ3) is 2.21. The Balaban J connectivity index is 2.50. The first-order valence-electron chi connectivity index (χ1n) is 6.57. The number of carbonyl (C=O) groups is 1. The first kappa shape index (κ1) is 12.2. The van der Waals surface area contributed by atoms with E-state index in [1.807, 2.05) is 11.0 Å². The lowest BCUT2D eigenvalue weighted by Crippen LogP contribution is -2.30. The van der Waals surface area contributed by atoms with E-state index in [1.165, 1.54) is 11.1 Å². The molecule has 2 nitrogen and oxygen atoms in total. The maximum absolute atomic E-state index is 12.4. The number of aryl methyl sites for hydroxylation is 1. The second-order valence-electron chi connectivity index (χ2n) is 4.87. The minimum Gasteiger partial charge on any atom is -0.339 e. The molecule has 1 amide bonds. The monoisotopic (exact) mass is 231 g/mol. The average molecular weight is 231 g/mol. The third-order valence-electron chi connectivity index (χ3n) is 3.79. The third-order valence-corrected chi connectivity index (χ3v) is 3.79. The molecule has 92 valence electrons. The van der Waals surface area contributed by atoms with Crippen LogP contribution in [0.15, 0.2) is 18.2 Å². The van der Waals surface area contributed by atoms with Crippen LogP contribution in [0.2, 0.25) is 0 Å². The van der Waals surface area contributed by atoms with Gasteiger partial charge in [-0.3, -0.25) is 4.79 Å². The molecule has 0 radical (unpaired) electrons. The first-order valence-corrected chi connectivity index (χ1v) is 6.57. The summed E-state index contributed by atoms with van der Waals surface area (Å²) in [5.74, 6) is 0.744. The summed E-state index contributed by atoms with van der Waals surface area (Å²) >= 11 is 0. The number of nitrogens with zero attached hydrogens (tertiary/aromatic N) is 1. The van der Waals surface area contributed by atoms with Gasteiger partial charge in [0.05, 0.1) is 0 Å². The van der Waals surface area contributed by atoms with Crippen molar-refractivity contribution in [3.8, 4) is 0 Å². The van der Waals surface area contributed by atoms with Gasteiger partial charge < -0.3 is 4.90 Å². The van der Waals surface area contributed by atoms with E-state index >= 15 is 0 Å². The fourth-order valence-electron chi connectivity index (χ4n) is 2.68. The van der Waals surface area contributed by atoms with Crippen molar-refractivity contribution in [3.63, 3.8) is 0 Å². The van der Waals surface area contributed by atoms with Crippen molar-refractivity contribution in [1.29, 1.82) is 0 Å². The van der Waals surface area contributed by atoms with E-state index in [-0.39, 0.29) is 5.91 Å². The summed E-state index contributed by atoms with van der Waals surface area (Å²) in [6, 6.07) is 6.32. The summed E-state index contributed by atoms with van der Waals surface area (Å²) in [4.78, 5) is 14.4. The highest BCUT2D eigenvalue weighted by Crippen LogP contribution is 2.31. The molecule has 0 N–H and O–H groups in total. The average Bonchev–Trinajstić information content (AvgIpc) is 2.47. The summed E-state index contributed by atoms with van der Waals surface area (Å²) in [6.07, 6.45) is 2.20. The summed E-state index contributed by atoms with van der Waals surface area (Å²) in [5, 5.41) is 0. The van der Waals surface area contributed by atoms with E-state index in [0.717, 1.165) is 31.5 Å². The van der Waals surface area contributed by atoms with Gasteiger partial charge in [-0.25, -0.2) is 0 Å². The highest BCUT2D eigenvalue weighted by molar-refractivity contribution is 5.96. The molecule has 17 heavy (non-hydrogen) atoms. The molecule has 1 heterocycles. The number of carbonyl (C=O) groups excluding carboxylic acids is 1. The van der Waals surface area contributed by atoms with Crippen LogP contribution in [0.3, 0.4) is 0 Å². The van der Waals surface area contributed by atoms with E-state index in [1.54, 1.807) is 0 Å². The topological polar surface area (TPSA) is 20.3 Å². The molecule has 1 aliphatic heterocycles. The minimum absolute atomic E-state index is 0.210. The fourth-order valence-corrected chi connectivity index (χ4v) is 2.68. The highest BCUT2D eigenvalue weighted by Gasteiger charge is 2.26. The lowest BCUT2D eigenvalue weighted by Gasteiger charge is -2.18. The van der Waals surface area contributed by atoms with Gasteiger partial charge in [0, 0.05) is 18.7 Å². The molecule has 1 atom stereocenters. The standard InChI is InChI=1S/C15H21NO/c1-4-12-8-9-16(5-2)15(17)14-10-11(3)6-7-13(12)14/h6-7,10,12H,4-5,8-9H2,1-3H3. The number of benzene rings is 1. The molecular weight excluding hydrogens is 210 g/mol. The minimum atomic E-state index is 0.210. The van der Waals surface area contributed by atoms with Gasteiger partial charge in [0.25, 0.3) is 5.91 Å². The Morgan fingerprint density at radius 3 is 2.76 bits per heavy atom. The van der Waals surface area contributed by atoms with Gasteiger partial charge in [0.2, 0.25) is 0 Å². The van der Waals surface area contributed by atoms with Crippen molar-refractivity contribution in [3.05, 3.63) is 34.9 Å². The van der Waals surface area contributed by atoms with E-state index in [0.29, 0.717) is 5.92 Å². The van der Waals surface area contributed by atoms with Gasteiger partial charge >= 0.3 is 0 Å². The molecule has 1 aromatic rings. The number of rotatable bonds is 2. The molecule has 0 bridgehead atoms. The molecule has 0 saturated heterocycles.